The van der Waals surface area contributed by atoms with Gasteiger partial charge in [0.05, 0.1) is 16.5 Å². The van der Waals surface area contributed by atoms with Crippen molar-refractivity contribution in [1.82, 2.24) is 9.97 Å². The molecule has 1 aromatic heterocycles. The van der Waals surface area contributed by atoms with E-state index < -0.39 is 27.4 Å². The summed E-state index contributed by atoms with van der Waals surface area (Å²) >= 11 is 0. The zero-order chi connectivity index (χ0) is 22.6. The van der Waals surface area contributed by atoms with Crippen LogP contribution in [0.4, 0.5) is 30.6 Å². The van der Waals surface area contributed by atoms with Crippen molar-refractivity contribution < 1.29 is 21.6 Å². The second-order valence-corrected chi connectivity index (χ2v) is 8.56. The van der Waals surface area contributed by atoms with Gasteiger partial charge in [-0.2, -0.15) is 23.4 Å². The maximum absolute atomic E-state index is 13.4. The van der Waals surface area contributed by atoms with E-state index >= 15 is 0 Å². The summed E-state index contributed by atoms with van der Waals surface area (Å²) in [6.45, 7) is -0.0905. The minimum atomic E-state index is -4.70. The monoisotopic (exact) mass is 447 g/mol. The second kappa shape index (κ2) is 8.61. The van der Waals surface area contributed by atoms with E-state index in [1.54, 1.807) is 24.3 Å². The van der Waals surface area contributed by atoms with Gasteiger partial charge in [0.15, 0.2) is 9.84 Å². The van der Waals surface area contributed by atoms with E-state index in [1.165, 1.54) is 24.3 Å². The third kappa shape index (κ3) is 5.70. The van der Waals surface area contributed by atoms with Gasteiger partial charge in [0.25, 0.3) is 0 Å². The lowest BCUT2D eigenvalue weighted by Gasteiger charge is -2.15. The molecule has 2 N–H and O–H groups in total. The molecule has 0 spiro atoms. The molecule has 0 aliphatic heterocycles. The Morgan fingerprint density at radius 1 is 1.13 bits per heavy atom. The van der Waals surface area contributed by atoms with Crippen molar-refractivity contribution in [1.29, 1.82) is 5.26 Å². The summed E-state index contributed by atoms with van der Waals surface area (Å²) in [5.74, 6) is -0.568. The Hall–Kier alpha value is -3.65. The number of anilines is 3. The number of benzene rings is 2. The van der Waals surface area contributed by atoms with Crippen LogP contribution in [0.2, 0.25) is 0 Å². The molecule has 7 nitrogen and oxygen atoms in total. The minimum Gasteiger partial charge on any atom is -0.365 e. The summed E-state index contributed by atoms with van der Waals surface area (Å²) in [7, 11) is -3.45. The molecular formula is C20H16F3N5O2S. The molecule has 0 aliphatic rings. The third-order valence-electron chi connectivity index (χ3n) is 4.13. The zero-order valence-corrected chi connectivity index (χ0v) is 16.9. The Morgan fingerprint density at radius 3 is 2.55 bits per heavy atom. The summed E-state index contributed by atoms with van der Waals surface area (Å²) in [5.41, 5.74) is 0.195. The van der Waals surface area contributed by atoms with Crippen LogP contribution < -0.4 is 10.6 Å². The fourth-order valence-corrected chi connectivity index (χ4v) is 3.34. The van der Waals surface area contributed by atoms with E-state index in [2.05, 4.69) is 20.6 Å². The number of halogens is 3. The van der Waals surface area contributed by atoms with Crippen LogP contribution >= 0.6 is 0 Å². The van der Waals surface area contributed by atoms with E-state index in [4.69, 9.17) is 5.26 Å². The maximum atomic E-state index is 13.4. The molecule has 0 amide bonds. The molecule has 0 bridgehead atoms. The first-order valence-corrected chi connectivity index (χ1v) is 10.7. The number of alkyl halides is 3. The van der Waals surface area contributed by atoms with Gasteiger partial charge < -0.3 is 10.6 Å². The smallest absolute Gasteiger partial charge is 0.365 e. The fourth-order valence-electron chi connectivity index (χ4n) is 2.65. The van der Waals surface area contributed by atoms with Crippen LogP contribution in [-0.2, 0) is 22.6 Å². The summed E-state index contributed by atoms with van der Waals surface area (Å²) in [5, 5.41) is 14.3. The SMILES string of the molecule is CS(=O)(=O)c1cccc(CNc2nc(Nc3cccc(C#N)c3)ncc2C(F)(F)F)c1. The van der Waals surface area contributed by atoms with E-state index in [9.17, 15) is 21.6 Å². The standard InChI is InChI=1S/C20H16F3N5O2S/c1-31(29,30)16-7-3-5-14(9-16)11-25-18-17(20(21,22)23)12-26-19(28-18)27-15-6-2-4-13(8-15)10-24/h2-9,12H,11H2,1H3,(H2,25,26,27,28). The molecule has 11 heteroatoms. The molecular weight excluding hydrogens is 431 g/mol. The molecule has 1 heterocycles. The van der Waals surface area contributed by atoms with Crippen molar-refractivity contribution in [3.8, 4) is 6.07 Å². The lowest BCUT2D eigenvalue weighted by Crippen LogP contribution is -2.14. The molecule has 0 radical (unpaired) electrons. The molecule has 3 aromatic rings. The Labute approximate surface area is 176 Å². The third-order valence-corrected chi connectivity index (χ3v) is 5.24. The van der Waals surface area contributed by atoms with Crippen molar-refractivity contribution >= 4 is 27.3 Å². The molecule has 0 atom stereocenters. The first-order chi connectivity index (χ1) is 14.6. The normalized spacial score (nSPS) is 11.6. The predicted molar refractivity (Wildman–Crippen MR) is 108 cm³/mol. The molecule has 0 fully saturated rings. The largest absolute Gasteiger partial charge is 0.421 e. The first kappa shape index (κ1) is 22.0. The van der Waals surface area contributed by atoms with Crippen LogP contribution in [0.3, 0.4) is 0 Å². The quantitative estimate of drug-likeness (QED) is 0.585. The highest BCUT2D eigenvalue weighted by Crippen LogP contribution is 2.34. The van der Waals surface area contributed by atoms with E-state index in [0.717, 1.165) is 6.26 Å². The van der Waals surface area contributed by atoms with Crippen molar-refractivity contribution in [2.45, 2.75) is 17.6 Å². The summed E-state index contributed by atoms with van der Waals surface area (Å²) in [4.78, 5) is 7.70. The Bertz CT molecular complexity index is 1250. The van der Waals surface area contributed by atoms with E-state index in [1.807, 2.05) is 6.07 Å². The van der Waals surface area contributed by atoms with Crippen LogP contribution in [0.5, 0.6) is 0 Å². The van der Waals surface area contributed by atoms with Crippen LogP contribution in [0.1, 0.15) is 16.7 Å². The van der Waals surface area contributed by atoms with Gasteiger partial charge in [-0.05, 0) is 35.9 Å². The van der Waals surface area contributed by atoms with Gasteiger partial charge in [-0.25, -0.2) is 13.4 Å². The van der Waals surface area contributed by atoms with Crippen molar-refractivity contribution in [2.75, 3.05) is 16.9 Å². The zero-order valence-electron chi connectivity index (χ0n) is 16.1. The number of aromatic nitrogens is 2. The predicted octanol–water partition coefficient (Wildman–Crippen LogP) is 4.13. The molecule has 0 saturated heterocycles. The molecule has 31 heavy (non-hydrogen) atoms. The Balaban J connectivity index is 1.88. The van der Waals surface area contributed by atoms with Gasteiger partial charge in [-0.3, -0.25) is 0 Å². The first-order valence-electron chi connectivity index (χ1n) is 8.80. The van der Waals surface area contributed by atoms with Gasteiger partial charge in [0.2, 0.25) is 5.95 Å². The number of nitriles is 1. The van der Waals surface area contributed by atoms with Crippen LogP contribution in [0.15, 0.2) is 59.6 Å². The van der Waals surface area contributed by atoms with Crippen LogP contribution in [0.25, 0.3) is 0 Å². The van der Waals surface area contributed by atoms with Crippen molar-refractivity contribution in [3.05, 3.63) is 71.4 Å². The van der Waals surface area contributed by atoms with Crippen molar-refractivity contribution in [3.63, 3.8) is 0 Å². The second-order valence-electron chi connectivity index (χ2n) is 6.54. The van der Waals surface area contributed by atoms with Crippen LogP contribution in [-0.4, -0.2) is 24.6 Å². The number of nitrogens with zero attached hydrogens (tertiary/aromatic N) is 3. The summed E-state index contributed by atoms with van der Waals surface area (Å²) in [6, 6.07) is 14.1. The molecule has 160 valence electrons. The van der Waals surface area contributed by atoms with Gasteiger partial charge in [-0.15, -0.1) is 0 Å². The summed E-state index contributed by atoms with van der Waals surface area (Å²) in [6.07, 6.45) is -3.00. The highest BCUT2D eigenvalue weighted by atomic mass is 32.2. The Kier molecular flexibility index (Phi) is 6.12. The lowest BCUT2D eigenvalue weighted by molar-refractivity contribution is -0.137. The molecule has 0 saturated carbocycles. The summed E-state index contributed by atoms with van der Waals surface area (Å²) < 4.78 is 63.6. The van der Waals surface area contributed by atoms with Gasteiger partial charge in [0.1, 0.15) is 11.4 Å². The van der Waals surface area contributed by atoms with E-state index in [-0.39, 0.29) is 17.4 Å². The minimum absolute atomic E-state index is 0.0604. The van der Waals surface area contributed by atoms with Crippen LogP contribution in [0, 0.1) is 11.3 Å². The molecule has 2 aromatic carbocycles. The number of hydrogen-bond donors (Lipinski definition) is 2. The number of hydrogen-bond acceptors (Lipinski definition) is 7. The van der Waals surface area contributed by atoms with Gasteiger partial charge >= 0.3 is 6.18 Å². The van der Waals surface area contributed by atoms with Gasteiger partial charge in [0, 0.05) is 24.7 Å². The number of nitrogens with one attached hydrogen (secondary N) is 2. The highest BCUT2D eigenvalue weighted by Gasteiger charge is 2.35. The number of rotatable bonds is 6. The number of sulfone groups is 1. The topological polar surface area (TPSA) is 108 Å². The molecule has 0 unspecified atom stereocenters. The fraction of sp³-hybridized carbons (Fsp3) is 0.150. The van der Waals surface area contributed by atoms with Crippen molar-refractivity contribution in [2.24, 2.45) is 0 Å². The lowest BCUT2D eigenvalue weighted by atomic mass is 10.2. The average molecular weight is 447 g/mol. The van der Waals surface area contributed by atoms with E-state index in [0.29, 0.717) is 23.0 Å². The average Bonchev–Trinajstić information content (AvgIpc) is 2.71. The van der Waals surface area contributed by atoms with Gasteiger partial charge in [-0.1, -0.05) is 18.2 Å². The maximum Gasteiger partial charge on any atom is 0.421 e. The molecule has 3 rings (SSSR count). The highest BCUT2D eigenvalue weighted by molar-refractivity contribution is 7.90. The molecule has 0 aliphatic carbocycles. The Morgan fingerprint density at radius 2 is 1.87 bits per heavy atom.